The van der Waals surface area contributed by atoms with Crippen molar-refractivity contribution in [3.8, 4) is 11.1 Å². The van der Waals surface area contributed by atoms with Crippen molar-refractivity contribution in [2.45, 2.75) is 6.42 Å². The van der Waals surface area contributed by atoms with E-state index in [1.54, 1.807) is 0 Å². The maximum atomic E-state index is 13.4. The third-order valence-corrected chi connectivity index (χ3v) is 7.22. The molecule has 178 valence electrons. The quantitative estimate of drug-likeness (QED) is 0.165. The van der Waals surface area contributed by atoms with Crippen molar-refractivity contribution in [2.75, 3.05) is 13.2 Å². The predicted octanol–water partition coefficient (Wildman–Crippen LogP) is 7.68. The van der Waals surface area contributed by atoms with E-state index in [0.717, 1.165) is 43.1 Å². The number of carbonyl (C=O) groups excluding carboxylic acids is 2. The fraction of sp³-hybridized carbons (Fsp3) is 0.0909. The fourth-order valence-corrected chi connectivity index (χ4v) is 5.45. The van der Waals surface area contributed by atoms with Crippen molar-refractivity contribution in [3.63, 3.8) is 0 Å². The molecule has 0 saturated carbocycles. The van der Waals surface area contributed by atoms with Gasteiger partial charge in [0.25, 0.3) is 0 Å². The summed E-state index contributed by atoms with van der Waals surface area (Å²) in [6.07, 6.45) is 0.443. The number of carbonyl (C=O) groups is 2. The molecule has 1 aliphatic rings. The molecule has 4 nitrogen and oxygen atoms in total. The number of benzene rings is 6. The molecule has 0 saturated heterocycles. The molecule has 6 aromatic carbocycles. The Morgan fingerprint density at radius 1 is 0.459 bits per heavy atom. The first kappa shape index (κ1) is 21.6. The number of fused-ring (bicyclic) bond motifs is 9. The number of ether oxygens (including phenoxy) is 2. The van der Waals surface area contributed by atoms with E-state index >= 15 is 0 Å². The van der Waals surface area contributed by atoms with Crippen molar-refractivity contribution in [1.82, 2.24) is 0 Å². The van der Waals surface area contributed by atoms with Gasteiger partial charge in [-0.1, -0.05) is 60.7 Å². The average Bonchev–Trinajstić information content (AvgIpc) is 2.95. The third kappa shape index (κ3) is 3.53. The van der Waals surface area contributed by atoms with Gasteiger partial charge in [0.15, 0.2) is 0 Å². The van der Waals surface area contributed by atoms with Crippen LogP contribution in [0.1, 0.15) is 27.1 Å². The van der Waals surface area contributed by atoms with E-state index in [0.29, 0.717) is 28.7 Å². The highest BCUT2D eigenvalue weighted by Gasteiger charge is 2.26. The molecule has 0 radical (unpaired) electrons. The van der Waals surface area contributed by atoms with Gasteiger partial charge in [0.2, 0.25) is 0 Å². The summed E-state index contributed by atoms with van der Waals surface area (Å²) in [4.78, 5) is 26.9. The van der Waals surface area contributed by atoms with Crippen LogP contribution in [0.4, 0.5) is 0 Å². The monoisotopic (exact) mass is 482 g/mol. The molecule has 1 heterocycles. The van der Waals surface area contributed by atoms with E-state index in [9.17, 15) is 9.59 Å². The molecule has 0 unspecified atom stereocenters. The lowest BCUT2D eigenvalue weighted by molar-refractivity contribution is 0.0400. The molecule has 4 heteroatoms. The number of esters is 2. The van der Waals surface area contributed by atoms with E-state index in [-0.39, 0.29) is 13.2 Å². The second-order valence-electron chi connectivity index (χ2n) is 9.44. The smallest absolute Gasteiger partial charge is 0.338 e. The number of hydrogen-bond donors (Lipinski definition) is 0. The highest BCUT2D eigenvalue weighted by atomic mass is 16.5. The summed E-state index contributed by atoms with van der Waals surface area (Å²) in [7, 11) is 0. The maximum absolute atomic E-state index is 13.4. The molecule has 0 aromatic heterocycles. The summed E-state index contributed by atoms with van der Waals surface area (Å²) in [5.41, 5.74) is 2.28. The summed E-state index contributed by atoms with van der Waals surface area (Å²) in [5.74, 6) is -0.800. The van der Waals surface area contributed by atoms with Gasteiger partial charge in [-0.3, -0.25) is 0 Å². The van der Waals surface area contributed by atoms with E-state index < -0.39 is 11.9 Å². The summed E-state index contributed by atoms with van der Waals surface area (Å²) in [6.45, 7) is 0.367. The minimum Gasteiger partial charge on any atom is -0.462 e. The van der Waals surface area contributed by atoms with Gasteiger partial charge in [-0.05, 0) is 79.5 Å². The Kier molecular flexibility index (Phi) is 4.93. The van der Waals surface area contributed by atoms with Crippen LogP contribution < -0.4 is 0 Å². The highest BCUT2D eigenvalue weighted by Crippen LogP contribution is 2.42. The van der Waals surface area contributed by atoms with Crippen molar-refractivity contribution in [2.24, 2.45) is 0 Å². The Labute approximate surface area is 213 Å². The van der Waals surface area contributed by atoms with Gasteiger partial charge in [-0.15, -0.1) is 0 Å². The third-order valence-electron chi connectivity index (χ3n) is 7.22. The lowest BCUT2D eigenvalue weighted by atomic mass is 9.85. The number of hydrogen-bond acceptors (Lipinski definition) is 4. The zero-order valence-corrected chi connectivity index (χ0v) is 20.0. The van der Waals surface area contributed by atoms with E-state index in [1.807, 2.05) is 48.5 Å². The van der Waals surface area contributed by atoms with Gasteiger partial charge in [-0.2, -0.15) is 0 Å². The lowest BCUT2D eigenvalue weighted by Crippen LogP contribution is -2.09. The van der Waals surface area contributed by atoms with Crippen LogP contribution in [0.2, 0.25) is 0 Å². The van der Waals surface area contributed by atoms with E-state index in [1.165, 1.54) is 0 Å². The van der Waals surface area contributed by atoms with Crippen LogP contribution in [0.3, 0.4) is 0 Å². The second kappa shape index (κ2) is 8.45. The van der Waals surface area contributed by atoms with Gasteiger partial charge < -0.3 is 9.47 Å². The first-order valence-corrected chi connectivity index (χ1v) is 12.4. The van der Waals surface area contributed by atoms with Gasteiger partial charge in [0.05, 0.1) is 24.3 Å². The Morgan fingerprint density at radius 3 is 1.30 bits per heavy atom. The first-order chi connectivity index (χ1) is 18.2. The zero-order chi connectivity index (χ0) is 24.9. The summed E-state index contributed by atoms with van der Waals surface area (Å²) >= 11 is 0. The van der Waals surface area contributed by atoms with Crippen LogP contribution >= 0.6 is 0 Å². The predicted molar refractivity (Wildman–Crippen MR) is 147 cm³/mol. The second-order valence-corrected chi connectivity index (χ2v) is 9.44. The van der Waals surface area contributed by atoms with Crippen LogP contribution in [-0.2, 0) is 9.47 Å². The van der Waals surface area contributed by atoms with Crippen molar-refractivity contribution >= 4 is 55.0 Å². The molecule has 0 spiro atoms. The van der Waals surface area contributed by atoms with Crippen LogP contribution in [0.15, 0.2) is 97.1 Å². The average molecular weight is 483 g/mol. The first-order valence-electron chi connectivity index (χ1n) is 12.4. The molecular weight excluding hydrogens is 460 g/mol. The van der Waals surface area contributed by atoms with Crippen LogP contribution in [0.5, 0.6) is 0 Å². The van der Waals surface area contributed by atoms with Gasteiger partial charge >= 0.3 is 11.9 Å². The molecule has 1 aliphatic heterocycles. The number of rotatable bonds is 0. The SMILES string of the molecule is O=C1OCCCOC(=O)c2ccc3cc4ccccc4cc3c2-c2c1ccc1cc3ccccc3cc21. The molecule has 7 rings (SSSR count). The normalized spacial score (nSPS) is 14.2. The largest absolute Gasteiger partial charge is 0.462 e. The summed E-state index contributed by atoms with van der Waals surface area (Å²) < 4.78 is 11.3. The molecule has 37 heavy (non-hydrogen) atoms. The van der Waals surface area contributed by atoms with Gasteiger partial charge in [0, 0.05) is 17.5 Å². The van der Waals surface area contributed by atoms with Crippen LogP contribution in [0.25, 0.3) is 54.2 Å². The van der Waals surface area contributed by atoms with Gasteiger partial charge in [0.1, 0.15) is 0 Å². The Bertz CT molecular complexity index is 1760. The summed E-state index contributed by atoms with van der Waals surface area (Å²) in [5, 5.41) is 8.08. The van der Waals surface area contributed by atoms with Crippen LogP contribution in [-0.4, -0.2) is 25.2 Å². The molecule has 0 bridgehead atoms. The van der Waals surface area contributed by atoms with Crippen molar-refractivity contribution in [3.05, 3.63) is 108 Å². The molecule has 0 amide bonds. The van der Waals surface area contributed by atoms with E-state index in [2.05, 4.69) is 48.5 Å². The lowest BCUT2D eigenvalue weighted by Gasteiger charge is -2.18. The Hall–Kier alpha value is -4.70. The maximum Gasteiger partial charge on any atom is 0.338 e. The highest BCUT2D eigenvalue weighted by molar-refractivity contribution is 6.20. The molecule has 0 atom stereocenters. The molecule has 0 aliphatic carbocycles. The topological polar surface area (TPSA) is 52.6 Å². The zero-order valence-electron chi connectivity index (χ0n) is 20.0. The minimum absolute atomic E-state index is 0.184. The molecule has 0 N–H and O–H groups in total. The van der Waals surface area contributed by atoms with Crippen molar-refractivity contribution in [1.29, 1.82) is 0 Å². The minimum atomic E-state index is -0.400. The van der Waals surface area contributed by atoms with E-state index in [4.69, 9.17) is 9.47 Å². The van der Waals surface area contributed by atoms with Crippen LogP contribution in [0, 0.1) is 0 Å². The Balaban J connectivity index is 1.69. The van der Waals surface area contributed by atoms with Gasteiger partial charge in [-0.25, -0.2) is 9.59 Å². The summed E-state index contributed by atoms with van der Waals surface area (Å²) in [6, 6.07) is 32.3. The fourth-order valence-electron chi connectivity index (χ4n) is 5.45. The standard InChI is InChI=1S/C33H22O4/c34-32-26-12-10-24-16-20-6-1-3-8-22(20)18-28(24)30(26)31-27(33(35)37-15-5-14-36-32)13-11-25-17-21-7-2-4-9-23(21)19-29(25)31/h1-4,6-13,16-19H,5,14-15H2. The molecule has 0 fully saturated rings. The number of cyclic esters (lactones) is 2. The Morgan fingerprint density at radius 2 is 0.865 bits per heavy atom. The molecule has 6 aromatic rings. The molecular formula is C33H22O4. The van der Waals surface area contributed by atoms with Crippen molar-refractivity contribution < 1.29 is 19.1 Å².